The molecule has 1 unspecified atom stereocenters. The fourth-order valence-electron chi connectivity index (χ4n) is 1.58. The summed E-state index contributed by atoms with van der Waals surface area (Å²) in [6, 6.07) is 0.137. The van der Waals surface area contributed by atoms with Gasteiger partial charge in [0.15, 0.2) is 0 Å². The number of nitrogens with two attached hydrogens (primary N) is 1. The van der Waals surface area contributed by atoms with E-state index in [4.69, 9.17) is 10.5 Å². The molecule has 0 aromatic rings. The molecular formula is C8H16F2N2O. The lowest BCUT2D eigenvalue weighted by Gasteiger charge is -2.26. The van der Waals surface area contributed by atoms with Crippen LogP contribution >= 0.6 is 0 Å². The quantitative estimate of drug-likeness (QED) is 0.684. The smallest absolute Gasteiger partial charge is 0.251 e. The zero-order chi connectivity index (χ0) is 9.68. The molecule has 1 heterocycles. The van der Waals surface area contributed by atoms with Crippen LogP contribution in [0.1, 0.15) is 6.42 Å². The molecular weight excluding hydrogens is 178 g/mol. The summed E-state index contributed by atoms with van der Waals surface area (Å²) in [6.45, 7) is 1.99. The van der Waals surface area contributed by atoms with Gasteiger partial charge in [0.2, 0.25) is 0 Å². The highest BCUT2D eigenvalue weighted by atomic mass is 19.3. The van der Waals surface area contributed by atoms with E-state index in [0.717, 1.165) is 6.42 Å². The van der Waals surface area contributed by atoms with Gasteiger partial charge in [-0.15, -0.1) is 0 Å². The molecule has 1 aliphatic rings. The molecule has 3 nitrogen and oxygen atoms in total. The second kappa shape index (κ2) is 5.47. The van der Waals surface area contributed by atoms with Crippen LogP contribution in [-0.4, -0.2) is 50.2 Å². The lowest BCUT2D eigenvalue weighted by molar-refractivity contribution is 0.0617. The van der Waals surface area contributed by atoms with Crippen LogP contribution in [0.4, 0.5) is 8.78 Å². The summed E-state index contributed by atoms with van der Waals surface area (Å²) >= 11 is 0. The molecule has 0 bridgehead atoms. The van der Waals surface area contributed by atoms with Crippen molar-refractivity contribution in [1.29, 1.82) is 0 Å². The summed E-state index contributed by atoms with van der Waals surface area (Å²) in [6.07, 6.45) is -1.45. The highest BCUT2D eigenvalue weighted by Crippen LogP contribution is 2.13. The van der Waals surface area contributed by atoms with Crippen LogP contribution in [0, 0.1) is 0 Å². The van der Waals surface area contributed by atoms with E-state index in [9.17, 15) is 8.78 Å². The first kappa shape index (κ1) is 10.8. The minimum absolute atomic E-state index is 0.137. The summed E-state index contributed by atoms with van der Waals surface area (Å²) in [7, 11) is 0. The topological polar surface area (TPSA) is 38.5 Å². The molecule has 1 fully saturated rings. The molecule has 0 aliphatic carbocycles. The summed E-state index contributed by atoms with van der Waals surface area (Å²) in [5.41, 5.74) is 5.35. The molecule has 78 valence electrons. The average Bonchev–Trinajstić information content (AvgIpc) is 2.54. The first-order valence-corrected chi connectivity index (χ1v) is 4.54. The van der Waals surface area contributed by atoms with Gasteiger partial charge in [-0.25, -0.2) is 8.78 Å². The van der Waals surface area contributed by atoms with Gasteiger partial charge in [-0.2, -0.15) is 0 Å². The Balaban J connectivity index is 2.35. The number of ether oxygens (including phenoxy) is 1. The normalized spacial score (nSPS) is 23.3. The molecule has 0 radical (unpaired) electrons. The van der Waals surface area contributed by atoms with Crippen LogP contribution in [-0.2, 0) is 4.74 Å². The second-order valence-electron chi connectivity index (χ2n) is 3.19. The van der Waals surface area contributed by atoms with Gasteiger partial charge in [0.1, 0.15) is 0 Å². The number of hydrogen-bond acceptors (Lipinski definition) is 3. The third-order valence-corrected chi connectivity index (χ3v) is 2.21. The Bertz CT molecular complexity index is 140. The fourth-order valence-corrected chi connectivity index (χ4v) is 1.58. The van der Waals surface area contributed by atoms with Crippen molar-refractivity contribution in [3.8, 4) is 0 Å². The van der Waals surface area contributed by atoms with Crippen molar-refractivity contribution in [2.75, 3.05) is 32.8 Å². The van der Waals surface area contributed by atoms with Crippen molar-refractivity contribution >= 4 is 0 Å². The highest BCUT2D eigenvalue weighted by Gasteiger charge is 2.24. The molecule has 1 aliphatic heterocycles. The standard InChI is InChI=1S/C8H16F2N2O/c9-8(10)5-12(3-2-11)7-1-4-13-6-7/h7-8H,1-6,11H2. The van der Waals surface area contributed by atoms with E-state index >= 15 is 0 Å². The Kier molecular flexibility index (Phi) is 4.55. The van der Waals surface area contributed by atoms with Gasteiger partial charge < -0.3 is 10.5 Å². The molecule has 0 aromatic heterocycles. The van der Waals surface area contributed by atoms with Crippen molar-refractivity contribution < 1.29 is 13.5 Å². The summed E-state index contributed by atoms with van der Waals surface area (Å²) in [5.74, 6) is 0. The van der Waals surface area contributed by atoms with Crippen LogP contribution in [0.2, 0.25) is 0 Å². The SMILES string of the molecule is NCCN(CC(F)F)C1CCOC1. The fraction of sp³-hybridized carbons (Fsp3) is 1.00. The Morgan fingerprint density at radius 2 is 2.31 bits per heavy atom. The Hall–Kier alpha value is -0.260. The van der Waals surface area contributed by atoms with Gasteiger partial charge in [0.25, 0.3) is 6.43 Å². The van der Waals surface area contributed by atoms with Crippen LogP contribution in [0.5, 0.6) is 0 Å². The second-order valence-corrected chi connectivity index (χ2v) is 3.19. The molecule has 0 spiro atoms. The van der Waals surface area contributed by atoms with Crippen molar-refractivity contribution in [3.05, 3.63) is 0 Å². The third kappa shape index (κ3) is 3.54. The molecule has 1 rings (SSSR count). The minimum atomic E-state index is -2.29. The van der Waals surface area contributed by atoms with Gasteiger partial charge in [0, 0.05) is 25.7 Å². The predicted molar refractivity (Wildman–Crippen MR) is 45.9 cm³/mol. The van der Waals surface area contributed by atoms with Gasteiger partial charge in [-0.05, 0) is 6.42 Å². The molecule has 0 amide bonds. The van der Waals surface area contributed by atoms with Gasteiger partial charge in [-0.1, -0.05) is 0 Å². The average molecular weight is 194 g/mol. The molecule has 1 atom stereocenters. The zero-order valence-corrected chi connectivity index (χ0v) is 7.59. The van der Waals surface area contributed by atoms with Crippen molar-refractivity contribution in [3.63, 3.8) is 0 Å². The van der Waals surface area contributed by atoms with E-state index in [1.165, 1.54) is 0 Å². The first-order valence-electron chi connectivity index (χ1n) is 4.54. The van der Waals surface area contributed by atoms with Crippen LogP contribution < -0.4 is 5.73 Å². The lowest BCUT2D eigenvalue weighted by Crippen LogP contribution is -2.42. The summed E-state index contributed by atoms with van der Waals surface area (Å²) in [4.78, 5) is 1.72. The maximum absolute atomic E-state index is 12.1. The summed E-state index contributed by atoms with van der Waals surface area (Å²) in [5, 5.41) is 0. The lowest BCUT2D eigenvalue weighted by atomic mass is 10.2. The minimum Gasteiger partial charge on any atom is -0.380 e. The van der Waals surface area contributed by atoms with E-state index in [0.29, 0.717) is 26.3 Å². The molecule has 2 N–H and O–H groups in total. The molecule has 0 aromatic carbocycles. The molecule has 13 heavy (non-hydrogen) atoms. The van der Waals surface area contributed by atoms with Crippen molar-refractivity contribution in [1.82, 2.24) is 4.90 Å². The maximum atomic E-state index is 12.1. The molecule has 1 saturated heterocycles. The van der Waals surface area contributed by atoms with Crippen molar-refractivity contribution in [2.24, 2.45) is 5.73 Å². The van der Waals surface area contributed by atoms with Crippen molar-refractivity contribution in [2.45, 2.75) is 18.9 Å². The molecule has 5 heteroatoms. The Morgan fingerprint density at radius 3 is 2.77 bits per heavy atom. The van der Waals surface area contributed by atoms with Gasteiger partial charge >= 0.3 is 0 Å². The summed E-state index contributed by atoms with van der Waals surface area (Å²) < 4.78 is 29.4. The van der Waals surface area contributed by atoms with E-state index in [1.54, 1.807) is 4.90 Å². The van der Waals surface area contributed by atoms with Crippen LogP contribution in [0.25, 0.3) is 0 Å². The first-order chi connectivity index (χ1) is 6.24. The van der Waals surface area contributed by atoms with E-state index in [-0.39, 0.29) is 12.6 Å². The highest BCUT2D eigenvalue weighted by molar-refractivity contribution is 4.76. The van der Waals surface area contributed by atoms with Crippen LogP contribution in [0.15, 0.2) is 0 Å². The Labute approximate surface area is 76.8 Å². The number of rotatable bonds is 5. The van der Waals surface area contributed by atoms with Gasteiger partial charge in [0.05, 0.1) is 13.2 Å². The van der Waals surface area contributed by atoms with Gasteiger partial charge in [-0.3, -0.25) is 4.90 Å². The number of hydrogen-bond donors (Lipinski definition) is 1. The monoisotopic (exact) mass is 194 g/mol. The number of nitrogens with zero attached hydrogens (tertiary/aromatic N) is 1. The number of halogens is 2. The molecule has 0 saturated carbocycles. The van der Waals surface area contributed by atoms with Crippen LogP contribution in [0.3, 0.4) is 0 Å². The predicted octanol–water partition coefficient (Wildman–Crippen LogP) is 0.301. The van der Waals surface area contributed by atoms with E-state index in [2.05, 4.69) is 0 Å². The third-order valence-electron chi connectivity index (χ3n) is 2.21. The van der Waals surface area contributed by atoms with E-state index in [1.807, 2.05) is 0 Å². The zero-order valence-electron chi connectivity index (χ0n) is 7.59. The Morgan fingerprint density at radius 1 is 1.54 bits per heavy atom. The maximum Gasteiger partial charge on any atom is 0.251 e. The number of alkyl halides is 2. The van der Waals surface area contributed by atoms with E-state index < -0.39 is 6.43 Å². The largest absolute Gasteiger partial charge is 0.380 e.